The van der Waals surface area contributed by atoms with E-state index in [0.717, 1.165) is 16.5 Å². The van der Waals surface area contributed by atoms with Gasteiger partial charge in [-0.1, -0.05) is 30.3 Å². The predicted molar refractivity (Wildman–Crippen MR) is 108 cm³/mol. The summed E-state index contributed by atoms with van der Waals surface area (Å²) in [6, 6.07) is 18.3. The van der Waals surface area contributed by atoms with Gasteiger partial charge in [-0.15, -0.1) is 0 Å². The summed E-state index contributed by atoms with van der Waals surface area (Å²) in [5.74, 6) is 0.462. The molecular formula is C22H20N2O4. The van der Waals surface area contributed by atoms with Crippen LogP contribution >= 0.6 is 0 Å². The van der Waals surface area contributed by atoms with Crippen molar-refractivity contribution in [1.29, 1.82) is 0 Å². The monoisotopic (exact) mass is 376 g/mol. The van der Waals surface area contributed by atoms with Gasteiger partial charge in [-0.2, -0.15) is 0 Å². The average molecular weight is 376 g/mol. The highest BCUT2D eigenvalue weighted by molar-refractivity contribution is 6.23. The van der Waals surface area contributed by atoms with Gasteiger partial charge in [0.2, 0.25) is 5.91 Å². The van der Waals surface area contributed by atoms with Crippen LogP contribution in [-0.2, 0) is 9.59 Å². The number of imide groups is 1. The summed E-state index contributed by atoms with van der Waals surface area (Å²) in [7, 11) is 3.05. The summed E-state index contributed by atoms with van der Waals surface area (Å²) in [5, 5.41) is 5.39. The van der Waals surface area contributed by atoms with Crippen molar-refractivity contribution in [1.82, 2.24) is 0 Å². The Kier molecular flexibility index (Phi) is 4.61. The molecule has 4 rings (SSSR count). The van der Waals surface area contributed by atoms with Crippen LogP contribution in [0.1, 0.15) is 6.42 Å². The number of fused-ring (bicyclic) bond motifs is 1. The van der Waals surface area contributed by atoms with Crippen LogP contribution in [0.5, 0.6) is 11.5 Å². The van der Waals surface area contributed by atoms with E-state index in [1.165, 1.54) is 19.1 Å². The van der Waals surface area contributed by atoms with Crippen LogP contribution in [0.25, 0.3) is 10.8 Å². The van der Waals surface area contributed by atoms with Crippen molar-refractivity contribution < 1.29 is 19.1 Å². The summed E-state index contributed by atoms with van der Waals surface area (Å²) in [6.45, 7) is 0. The average Bonchev–Trinajstić information content (AvgIpc) is 3.00. The molecule has 1 aliphatic heterocycles. The van der Waals surface area contributed by atoms with E-state index >= 15 is 0 Å². The first-order valence-electron chi connectivity index (χ1n) is 8.95. The normalized spacial score (nSPS) is 16.5. The molecule has 2 amide bonds. The van der Waals surface area contributed by atoms with Crippen LogP contribution < -0.4 is 19.7 Å². The summed E-state index contributed by atoms with van der Waals surface area (Å²) in [6.07, 6.45) is 0.0972. The third-order valence-electron chi connectivity index (χ3n) is 4.86. The predicted octanol–water partition coefficient (Wildman–Crippen LogP) is 3.60. The molecule has 3 aromatic carbocycles. The van der Waals surface area contributed by atoms with Crippen LogP contribution in [0.2, 0.25) is 0 Å². The molecule has 6 nitrogen and oxygen atoms in total. The second kappa shape index (κ2) is 7.23. The van der Waals surface area contributed by atoms with Gasteiger partial charge >= 0.3 is 0 Å². The molecule has 0 unspecified atom stereocenters. The molecule has 3 aromatic rings. The minimum absolute atomic E-state index is 0.0972. The lowest BCUT2D eigenvalue weighted by atomic mass is 10.1. The molecule has 0 bridgehead atoms. The second-order valence-electron chi connectivity index (χ2n) is 6.57. The number of anilines is 2. The molecule has 0 aliphatic carbocycles. The van der Waals surface area contributed by atoms with Crippen molar-refractivity contribution in [3.63, 3.8) is 0 Å². The first-order chi connectivity index (χ1) is 13.6. The Morgan fingerprint density at radius 3 is 2.39 bits per heavy atom. The highest BCUT2D eigenvalue weighted by atomic mass is 16.5. The van der Waals surface area contributed by atoms with E-state index in [2.05, 4.69) is 5.32 Å². The fourth-order valence-corrected chi connectivity index (χ4v) is 3.46. The minimum Gasteiger partial charge on any atom is -0.493 e. The van der Waals surface area contributed by atoms with Gasteiger partial charge in [0.1, 0.15) is 6.04 Å². The number of carbonyl (C=O) groups is 2. The Balaban J connectivity index is 1.58. The molecule has 1 heterocycles. The molecule has 1 N–H and O–H groups in total. The lowest BCUT2D eigenvalue weighted by Crippen LogP contribution is -2.34. The Morgan fingerprint density at radius 2 is 1.64 bits per heavy atom. The first kappa shape index (κ1) is 17.9. The van der Waals surface area contributed by atoms with E-state index in [1.54, 1.807) is 18.2 Å². The highest BCUT2D eigenvalue weighted by Gasteiger charge is 2.39. The van der Waals surface area contributed by atoms with Crippen LogP contribution in [0.3, 0.4) is 0 Å². The topological polar surface area (TPSA) is 67.9 Å². The summed E-state index contributed by atoms with van der Waals surface area (Å²) in [4.78, 5) is 26.6. The molecule has 0 radical (unpaired) electrons. The second-order valence-corrected chi connectivity index (χ2v) is 6.57. The van der Waals surface area contributed by atoms with Crippen LogP contribution in [-0.4, -0.2) is 32.1 Å². The quantitative estimate of drug-likeness (QED) is 0.689. The van der Waals surface area contributed by atoms with Gasteiger partial charge in [0.15, 0.2) is 11.5 Å². The van der Waals surface area contributed by atoms with E-state index in [9.17, 15) is 9.59 Å². The number of rotatable bonds is 5. The molecule has 1 atom stereocenters. The van der Waals surface area contributed by atoms with Crippen molar-refractivity contribution in [2.75, 3.05) is 24.4 Å². The van der Waals surface area contributed by atoms with Crippen LogP contribution in [0.4, 0.5) is 11.4 Å². The molecular weight excluding hydrogens is 356 g/mol. The molecule has 0 saturated carbocycles. The van der Waals surface area contributed by atoms with Gasteiger partial charge in [-0.05, 0) is 35.0 Å². The minimum atomic E-state index is -0.609. The van der Waals surface area contributed by atoms with Gasteiger partial charge < -0.3 is 14.8 Å². The third kappa shape index (κ3) is 3.13. The number of nitrogens with one attached hydrogen (secondary N) is 1. The van der Waals surface area contributed by atoms with E-state index in [0.29, 0.717) is 17.2 Å². The maximum atomic E-state index is 12.9. The van der Waals surface area contributed by atoms with Crippen molar-refractivity contribution in [2.24, 2.45) is 0 Å². The molecule has 28 heavy (non-hydrogen) atoms. The number of hydrogen-bond acceptors (Lipinski definition) is 5. The molecule has 6 heteroatoms. The van der Waals surface area contributed by atoms with Gasteiger partial charge in [-0.25, -0.2) is 4.90 Å². The van der Waals surface area contributed by atoms with Crippen molar-refractivity contribution >= 4 is 34.0 Å². The Morgan fingerprint density at radius 1 is 0.893 bits per heavy atom. The fourth-order valence-electron chi connectivity index (χ4n) is 3.46. The number of carbonyl (C=O) groups excluding carboxylic acids is 2. The first-order valence-corrected chi connectivity index (χ1v) is 8.95. The molecule has 1 fully saturated rings. The van der Waals surface area contributed by atoms with Crippen molar-refractivity contribution in [3.8, 4) is 11.5 Å². The van der Waals surface area contributed by atoms with Gasteiger partial charge in [0.05, 0.1) is 26.3 Å². The fraction of sp³-hybridized carbons (Fsp3) is 0.182. The lowest BCUT2D eigenvalue weighted by Gasteiger charge is -2.18. The molecule has 1 aliphatic rings. The number of benzene rings is 3. The number of methoxy groups -OCH3 is 2. The standard InChI is InChI=1S/C22H20N2O4/c1-27-19-10-9-17(12-20(19)28-2)24-21(25)13-18(22(24)26)23-16-8-7-14-5-3-4-6-15(14)11-16/h3-12,18,23H,13H2,1-2H3/t18-/m1/s1. The Hall–Kier alpha value is -3.54. The van der Waals surface area contributed by atoms with E-state index in [4.69, 9.17) is 9.47 Å². The Labute approximate surface area is 162 Å². The number of ether oxygens (including phenoxy) is 2. The van der Waals surface area contributed by atoms with Crippen LogP contribution in [0, 0.1) is 0 Å². The van der Waals surface area contributed by atoms with E-state index in [-0.39, 0.29) is 18.2 Å². The summed E-state index contributed by atoms with van der Waals surface area (Å²) < 4.78 is 10.5. The summed E-state index contributed by atoms with van der Waals surface area (Å²) >= 11 is 0. The van der Waals surface area contributed by atoms with Crippen molar-refractivity contribution in [2.45, 2.75) is 12.5 Å². The zero-order valence-electron chi connectivity index (χ0n) is 15.6. The van der Waals surface area contributed by atoms with E-state index in [1.807, 2.05) is 42.5 Å². The molecule has 142 valence electrons. The molecule has 0 spiro atoms. The lowest BCUT2D eigenvalue weighted by molar-refractivity contribution is -0.121. The van der Waals surface area contributed by atoms with Gasteiger partial charge in [0, 0.05) is 11.8 Å². The van der Waals surface area contributed by atoms with Crippen LogP contribution in [0.15, 0.2) is 60.7 Å². The van der Waals surface area contributed by atoms with Gasteiger partial charge in [-0.3, -0.25) is 9.59 Å². The number of nitrogens with zero attached hydrogens (tertiary/aromatic N) is 1. The third-order valence-corrected chi connectivity index (χ3v) is 4.86. The number of hydrogen-bond donors (Lipinski definition) is 1. The highest BCUT2D eigenvalue weighted by Crippen LogP contribution is 2.34. The van der Waals surface area contributed by atoms with Crippen molar-refractivity contribution in [3.05, 3.63) is 60.7 Å². The van der Waals surface area contributed by atoms with E-state index < -0.39 is 6.04 Å². The smallest absolute Gasteiger partial charge is 0.256 e. The summed E-state index contributed by atoms with van der Waals surface area (Å²) in [5.41, 5.74) is 1.27. The largest absolute Gasteiger partial charge is 0.493 e. The van der Waals surface area contributed by atoms with Gasteiger partial charge in [0.25, 0.3) is 5.91 Å². The molecule has 1 saturated heterocycles. The zero-order valence-corrected chi connectivity index (χ0v) is 15.6. The maximum absolute atomic E-state index is 12.9. The SMILES string of the molecule is COc1ccc(N2C(=O)C[C@@H](Nc3ccc4ccccc4c3)C2=O)cc1OC. The zero-order chi connectivity index (χ0) is 19.7. The Bertz CT molecular complexity index is 1060. The maximum Gasteiger partial charge on any atom is 0.256 e. The number of amides is 2. The molecule has 0 aromatic heterocycles.